The van der Waals surface area contributed by atoms with Gasteiger partial charge in [-0.1, -0.05) is 23.7 Å². The van der Waals surface area contributed by atoms with E-state index in [9.17, 15) is 9.59 Å². The highest BCUT2D eigenvalue weighted by molar-refractivity contribution is 6.30. The summed E-state index contributed by atoms with van der Waals surface area (Å²) in [6.07, 6.45) is 0.0802. The number of halogens is 1. The molecule has 2 rings (SSSR count). The molecule has 0 fully saturated rings. The van der Waals surface area contributed by atoms with Crippen molar-refractivity contribution in [2.45, 2.75) is 25.9 Å². The highest BCUT2D eigenvalue weighted by atomic mass is 35.5. The zero-order valence-corrected chi connectivity index (χ0v) is 17.6. The third kappa shape index (κ3) is 6.29. The van der Waals surface area contributed by atoms with Gasteiger partial charge in [-0.2, -0.15) is 0 Å². The molecule has 2 N–H and O–H groups in total. The predicted octanol–water partition coefficient (Wildman–Crippen LogP) is 3.25. The quantitative estimate of drug-likeness (QED) is 0.650. The van der Waals surface area contributed by atoms with Crippen molar-refractivity contribution in [3.8, 4) is 17.2 Å². The SMILES string of the molecule is COc1cc(OC)c(OC)cc1CNC(=O)CC(NC(C)=O)c1ccc(Cl)cc1. The van der Waals surface area contributed by atoms with Crippen LogP contribution in [-0.2, 0) is 16.1 Å². The van der Waals surface area contributed by atoms with Gasteiger partial charge < -0.3 is 24.8 Å². The van der Waals surface area contributed by atoms with Crippen LogP contribution in [0.25, 0.3) is 0 Å². The molecule has 8 heteroatoms. The van der Waals surface area contributed by atoms with Crippen molar-refractivity contribution >= 4 is 23.4 Å². The lowest BCUT2D eigenvalue weighted by Gasteiger charge is -2.19. The lowest BCUT2D eigenvalue weighted by atomic mass is 10.0. The van der Waals surface area contributed by atoms with Gasteiger partial charge in [0.15, 0.2) is 11.5 Å². The summed E-state index contributed by atoms with van der Waals surface area (Å²) in [4.78, 5) is 24.1. The summed E-state index contributed by atoms with van der Waals surface area (Å²) in [5.74, 6) is 1.19. The number of carbonyl (C=O) groups is 2. The fraction of sp³-hybridized carbons (Fsp3) is 0.333. The number of rotatable bonds is 9. The van der Waals surface area contributed by atoms with Gasteiger partial charge in [-0.15, -0.1) is 0 Å². The average Bonchev–Trinajstić information content (AvgIpc) is 2.71. The van der Waals surface area contributed by atoms with Crippen LogP contribution in [0.4, 0.5) is 0 Å². The first-order valence-corrected chi connectivity index (χ1v) is 9.33. The Balaban J connectivity index is 2.10. The molecule has 0 bridgehead atoms. The van der Waals surface area contributed by atoms with E-state index in [0.29, 0.717) is 22.3 Å². The minimum absolute atomic E-state index is 0.0802. The van der Waals surface area contributed by atoms with E-state index < -0.39 is 6.04 Å². The number of hydrogen-bond acceptors (Lipinski definition) is 5. The van der Waals surface area contributed by atoms with Crippen LogP contribution in [-0.4, -0.2) is 33.1 Å². The zero-order chi connectivity index (χ0) is 21.4. The predicted molar refractivity (Wildman–Crippen MR) is 111 cm³/mol. The first-order valence-electron chi connectivity index (χ1n) is 8.96. The van der Waals surface area contributed by atoms with Crippen LogP contribution in [0.3, 0.4) is 0 Å². The van der Waals surface area contributed by atoms with Crippen LogP contribution < -0.4 is 24.8 Å². The summed E-state index contributed by atoms with van der Waals surface area (Å²) < 4.78 is 15.9. The number of benzene rings is 2. The number of carbonyl (C=O) groups excluding carboxylic acids is 2. The van der Waals surface area contributed by atoms with Crippen LogP contribution in [0.1, 0.15) is 30.5 Å². The molecule has 1 unspecified atom stereocenters. The molecule has 0 spiro atoms. The van der Waals surface area contributed by atoms with Gasteiger partial charge >= 0.3 is 0 Å². The molecule has 0 radical (unpaired) electrons. The Morgan fingerprint density at radius 3 is 2.10 bits per heavy atom. The van der Waals surface area contributed by atoms with E-state index in [4.69, 9.17) is 25.8 Å². The molecule has 0 aliphatic heterocycles. The van der Waals surface area contributed by atoms with Gasteiger partial charge in [-0.25, -0.2) is 0 Å². The topological polar surface area (TPSA) is 85.9 Å². The van der Waals surface area contributed by atoms with E-state index in [1.54, 1.807) is 43.5 Å². The van der Waals surface area contributed by atoms with Gasteiger partial charge in [0.05, 0.1) is 33.8 Å². The van der Waals surface area contributed by atoms with Crippen LogP contribution in [0.2, 0.25) is 5.02 Å². The van der Waals surface area contributed by atoms with Gasteiger partial charge in [0.2, 0.25) is 11.8 Å². The first-order chi connectivity index (χ1) is 13.9. The Morgan fingerprint density at radius 1 is 0.966 bits per heavy atom. The highest BCUT2D eigenvalue weighted by Crippen LogP contribution is 2.34. The molecule has 0 aromatic heterocycles. The lowest BCUT2D eigenvalue weighted by Crippen LogP contribution is -2.32. The van der Waals surface area contributed by atoms with Crippen molar-refractivity contribution in [1.82, 2.24) is 10.6 Å². The monoisotopic (exact) mass is 420 g/mol. The Morgan fingerprint density at radius 2 is 1.55 bits per heavy atom. The highest BCUT2D eigenvalue weighted by Gasteiger charge is 2.18. The second-order valence-electron chi connectivity index (χ2n) is 6.30. The van der Waals surface area contributed by atoms with E-state index in [1.165, 1.54) is 21.1 Å². The normalized spacial score (nSPS) is 11.3. The van der Waals surface area contributed by atoms with Crippen LogP contribution >= 0.6 is 11.6 Å². The summed E-state index contributed by atoms with van der Waals surface area (Å²) in [7, 11) is 4.62. The fourth-order valence-electron chi connectivity index (χ4n) is 2.87. The third-order valence-corrected chi connectivity index (χ3v) is 4.55. The molecule has 7 nitrogen and oxygen atoms in total. The number of ether oxygens (including phenoxy) is 3. The molecule has 0 aliphatic rings. The Labute approximate surface area is 175 Å². The smallest absolute Gasteiger partial charge is 0.222 e. The molecule has 1 atom stereocenters. The number of methoxy groups -OCH3 is 3. The number of amides is 2. The maximum Gasteiger partial charge on any atom is 0.222 e. The van der Waals surface area contributed by atoms with Crippen LogP contribution in [0.15, 0.2) is 36.4 Å². The summed E-state index contributed by atoms with van der Waals surface area (Å²) in [5, 5.41) is 6.23. The molecule has 2 aromatic rings. The minimum atomic E-state index is -0.461. The number of hydrogen-bond donors (Lipinski definition) is 2. The molecular weight excluding hydrogens is 396 g/mol. The van der Waals surface area contributed by atoms with E-state index in [-0.39, 0.29) is 24.8 Å². The molecule has 2 amide bonds. The molecule has 0 saturated carbocycles. The number of nitrogens with one attached hydrogen (secondary N) is 2. The summed E-state index contributed by atoms with van der Waals surface area (Å²) in [6.45, 7) is 1.64. The summed E-state index contributed by atoms with van der Waals surface area (Å²) in [6, 6.07) is 10.0. The molecule has 29 heavy (non-hydrogen) atoms. The van der Waals surface area contributed by atoms with E-state index in [0.717, 1.165) is 11.1 Å². The summed E-state index contributed by atoms with van der Waals surface area (Å²) in [5.41, 5.74) is 1.53. The first kappa shape index (κ1) is 22.4. The molecule has 2 aromatic carbocycles. The largest absolute Gasteiger partial charge is 0.496 e. The van der Waals surface area contributed by atoms with Gasteiger partial charge in [-0.05, 0) is 23.8 Å². The molecule has 156 valence electrons. The van der Waals surface area contributed by atoms with Gasteiger partial charge in [0.25, 0.3) is 0 Å². The van der Waals surface area contributed by atoms with Crippen molar-refractivity contribution in [3.05, 3.63) is 52.5 Å². The lowest BCUT2D eigenvalue weighted by molar-refractivity contribution is -0.122. The van der Waals surface area contributed by atoms with Gasteiger partial charge in [-0.3, -0.25) is 9.59 Å². The van der Waals surface area contributed by atoms with Crippen molar-refractivity contribution in [3.63, 3.8) is 0 Å². The van der Waals surface area contributed by atoms with Crippen LogP contribution in [0, 0.1) is 0 Å². The van der Waals surface area contributed by atoms with Gasteiger partial charge in [0, 0.05) is 30.1 Å². The van der Waals surface area contributed by atoms with Crippen molar-refractivity contribution in [2.75, 3.05) is 21.3 Å². The van der Waals surface area contributed by atoms with E-state index in [2.05, 4.69) is 10.6 Å². The molecule has 0 heterocycles. The maximum absolute atomic E-state index is 12.5. The van der Waals surface area contributed by atoms with Gasteiger partial charge in [0.1, 0.15) is 5.75 Å². The Hall–Kier alpha value is -2.93. The molecular formula is C21H25ClN2O5. The standard InChI is InChI=1S/C21H25ClN2O5/c1-13(25)24-17(14-5-7-16(22)8-6-14)10-21(26)23-12-15-9-19(28-3)20(29-4)11-18(15)27-2/h5-9,11,17H,10,12H2,1-4H3,(H,23,26)(H,24,25). The van der Waals surface area contributed by atoms with E-state index in [1.807, 2.05) is 0 Å². The van der Waals surface area contributed by atoms with Crippen LogP contribution in [0.5, 0.6) is 17.2 Å². The fourth-order valence-corrected chi connectivity index (χ4v) is 3.00. The average molecular weight is 421 g/mol. The van der Waals surface area contributed by atoms with E-state index >= 15 is 0 Å². The summed E-state index contributed by atoms with van der Waals surface area (Å²) >= 11 is 5.92. The Kier molecular flexibility index (Phi) is 8.15. The Bertz CT molecular complexity index is 855. The maximum atomic E-state index is 12.5. The molecule has 0 aliphatic carbocycles. The van der Waals surface area contributed by atoms with Crippen molar-refractivity contribution < 1.29 is 23.8 Å². The van der Waals surface area contributed by atoms with Crippen molar-refractivity contribution in [2.24, 2.45) is 0 Å². The third-order valence-electron chi connectivity index (χ3n) is 4.30. The minimum Gasteiger partial charge on any atom is -0.496 e. The second kappa shape index (κ2) is 10.6. The van der Waals surface area contributed by atoms with Crippen molar-refractivity contribution in [1.29, 1.82) is 0 Å². The molecule has 0 saturated heterocycles. The zero-order valence-electron chi connectivity index (χ0n) is 16.9. The second-order valence-corrected chi connectivity index (χ2v) is 6.74.